The number of benzene rings is 1. The van der Waals surface area contributed by atoms with Crippen molar-refractivity contribution >= 4 is 23.2 Å². The minimum atomic E-state index is -0.228. The maximum Gasteiger partial charge on any atom is 0.0952 e. The van der Waals surface area contributed by atoms with Gasteiger partial charge in [0.2, 0.25) is 0 Å². The number of ether oxygens (including phenoxy) is 1. The van der Waals surface area contributed by atoms with Gasteiger partial charge in [-0.1, -0.05) is 30.3 Å². The van der Waals surface area contributed by atoms with Gasteiger partial charge in [-0.05, 0) is 12.6 Å². The number of hydrogen-bond donors (Lipinski definition) is 0. The predicted molar refractivity (Wildman–Crippen MR) is 71.9 cm³/mol. The predicted octanol–water partition coefficient (Wildman–Crippen LogP) is 2.91. The Morgan fingerprint density at radius 2 is 1.94 bits per heavy atom. The van der Waals surface area contributed by atoms with E-state index in [1.54, 1.807) is 0 Å². The van der Waals surface area contributed by atoms with Crippen LogP contribution in [0.4, 0.5) is 0 Å². The van der Waals surface area contributed by atoms with Crippen LogP contribution in [-0.4, -0.2) is 42.4 Å². The molecule has 1 unspecified atom stereocenters. The fraction of sp³-hybridized carbons (Fsp3) is 0.538. The van der Waals surface area contributed by atoms with Crippen LogP contribution in [-0.2, 0) is 4.74 Å². The number of hydrogen-bond acceptors (Lipinski definition) is 2. The second-order valence-electron chi connectivity index (χ2n) is 4.58. The zero-order valence-corrected chi connectivity index (χ0v) is 11.4. The van der Waals surface area contributed by atoms with Crippen molar-refractivity contribution in [1.29, 1.82) is 0 Å². The molecular weight excluding hydrogens is 257 g/mol. The maximum absolute atomic E-state index is 6.02. The van der Waals surface area contributed by atoms with Crippen molar-refractivity contribution in [3.05, 3.63) is 35.9 Å². The van der Waals surface area contributed by atoms with Crippen molar-refractivity contribution in [1.82, 2.24) is 4.90 Å². The Balaban J connectivity index is 2.10. The minimum Gasteiger partial charge on any atom is -0.370 e. The molecule has 1 fully saturated rings. The van der Waals surface area contributed by atoms with Gasteiger partial charge in [0.1, 0.15) is 0 Å². The minimum absolute atomic E-state index is 0.112. The molecule has 0 bridgehead atoms. The molecule has 2 rings (SSSR count). The average Bonchev–Trinajstić information content (AvgIpc) is 2.40. The lowest BCUT2D eigenvalue weighted by Gasteiger charge is -2.45. The smallest absolute Gasteiger partial charge is 0.0952 e. The quantitative estimate of drug-likeness (QED) is 0.786. The third-order valence-electron chi connectivity index (χ3n) is 3.47. The van der Waals surface area contributed by atoms with Crippen LogP contribution < -0.4 is 0 Å². The summed E-state index contributed by atoms with van der Waals surface area (Å²) < 4.78 is 5.92. The summed E-state index contributed by atoms with van der Waals surface area (Å²) in [5, 5.41) is 0. The molecule has 0 amide bonds. The molecule has 1 aromatic rings. The van der Waals surface area contributed by atoms with Gasteiger partial charge in [-0.3, -0.25) is 4.90 Å². The topological polar surface area (TPSA) is 12.5 Å². The molecule has 1 saturated heterocycles. The van der Waals surface area contributed by atoms with Gasteiger partial charge in [0.15, 0.2) is 0 Å². The Labute approximate surface area is 112 Å². The van der Waals surface area contributed by atoms with Gasteiger partial charge in [-0.2, -0.15) is 0 Å². The van der Waals surface area contributed by atoms with E-state index in [9.17, 15) is 0 Å². The Bertz CT molecular complexity index is 354. The van der Waals surface area contributed by atoms with Crippen LogP contribution in [0.2, 0.25) is 0 Å². The fourth-order valence-corrected chi connectivity index (χ4v) is 2.90. The van der Waals surface area contributed by atoms with Crippen molar-refractivity contribution < 1.29 is 4.74 Å². The van der Waals surface area contributed by atoms with Gasteiger partial charge in [0.25, 0.3) is 0 Å². The van der Waals surface area contributed by atoms with E-state index in [4.69, 9.17) is 27.9 Å². The summed E-state index contributed by atoms with van der Waals surface area (Å²) in [5.41, 5.74) is 0.978. The first-order chi connectivity index (χ1) is 8.22. The van der Waals surface area contributed by atoms with Gasteiger partial charge >= 0.3 is 0 Å². The van der Waals surface area contributed by atoms with Crippen LogP contribution >= 0.6 is 23.2 Å². The summed E-state index contributed by atoms with van der Waals surface area (Å²) in [6.45, 7) is 1.40. The third kappa shape index (κ3) is 2.60. The van der Waals surface area contributed by atoms with Crippen molar-refractivity contribution in [2.75, 3.05) is 32.0 Å². The molecule has 4 heteroatoms. The molecule has 1 heterocycles. The number of morpholine rings is 1. The van der Waals surface area contributed by atoms with E-state index in [0.717, 1.165) is 6.54 Å². The van der Waals surface area contributed by atoms with Crippen LogP contribution in [0.3, 0.4) is 0 Å². The Kier molecular flexibility index (Phi) is 4.31. The van der Waals surface area contributed by atoms with Gasteiger partial charge < -0.3 is 4.74 Å². The number of nitrogens with zero attached hydrogens (tertiary/aromatic N) is 1. The summed E-state index contributed by atoms with van der Waals surface area (Å²) >= 11 is 12.0. The van der Waals surface area contributed by atoms with E-state index < -0.39 is 0 Å². The van der Waals surface area contributed by atoms with Crippen LogP contribution in [0, 0.1) is 0 Å². The van der Waals surface area contributed by atoms with E-state index in [1.807, 2.05) is 18.2 Å². The molecule has 1 aliphatic rings. The lowest BCUT2D eigenvalue weighted by atomic mass is 9.99. The van der Waals surface area contributed by atoms with E-state index >= 15 is 0 Å². The highest BCUT2D eigenvalue weighted by Gasteiger charge is 2.39. The first-order valence-corrected chi connectivity index (χ1v) is 6.78. The van der Waals surface area contributed by atoms with Crippen molar-refractivity contribution in [2.45, 2.75) is 11.6 Å². The van der Waals surface area contributed by atoms with Crippen molar-refractivity contribution in [3.8, 4) is 0 Å². The summed E-state index contributed by atoms with van der Waals surface area (Å²) in [7, 11) is 2.06. The normalized spacial score (nSPS) is 24.8. The molecule has 94 valence electrons. The summed E-state index contributed by atoms with van der Waals surface area (Å²) in [6.07, 6.45) is 0.112. The van der Waals surface area contributed by atoms with E-state index in [0.29, 0.717) is 18.4 Å². The summed E-state index contributed by atoms with van der Waals surface area (Å²) in [6, 6.07) is 10.3. The average molecular weight is 274 g/mol. The Morgan fingerprint density at radius 1 is 1.29 bits per heavy atom. The molecule has 2 nitrogen and oxygen atoms in total. The number of likely N-dealkylation sites (N-methyl/N-ethyl adjacent to an activating group) is 1. The first kappa shape index (κ1) is 13.2. The monoisotopic (exact) mass is 273 g/mol. The molecule has 0 aromatic heterocycles. The maximum atomic E-state index is 6.02. The highest BCUT2D eigenvalue weighted by atomic mass is 35.5. The lowest BCUT2D eigenvalue weighted by Crippen LogP contribution is -2.58. The van der Waals surface area contributed by atoms with Crippen LogP contribution in [0.25, 0.3) is 0 Å². The van der Waals surface area contributed by atoms with Crippen molar-refractivity contribution in [2.24, 2.45) is 0 Å². The zero-order chi connectivity index (χ0) is 12.3. The second-order valence-corrected chi connectivity index (χ2v) is 5.12. The van der Waals surface area contributed by atoms with Gasteiger partial charge in [-0.15, -0.1) is 23.2 Å². The van der Waals surface area contributed by atoms with Crippen LogP contribution in [0.5, 0.6) is 0 Å². The first-order valence-electron chi connectivity index (χ1n) is 5.71. The largest absolute Gasteiger partial charge is 0.370 e. The molecule has 0 radical (unpaired) electrons. The molecule has 0 aliphatic carbocycles. The van der Waals surface area contributed by atoms with Crippen LogP contribution in [0.15, 0.2) is 30.3 Å². The Hall–Kier alpha value is -0.280. The molecule has 1 aromatic carbocycles. The van der Waals surface area contributed by atoms with Gasteiger partial charge in [-0.25, -0.2) is 0 Å². The number of alkyl halides is 2. The van der Waals surface area contributed by atoms with E-state index in [2.05, 4.69) is 24.1 Å². The van der Waals surface area contributed by atoms with E-state index in [-0.39, 0.29) is 11.6 Å². The second kappa shape index (κ2) is 5.57. The molecule has 17 heavy (non-hydrogen) atoms. The van der Waals surface area contributed by atoms with Gasteiger partial charge in [0, 0.05) is 18.3 Å². The molecule has 0 N–H and O–H groups in total. The molecule has 0 spiro atoms. The lowest BCUT2D eigenvalue weighted by molar-refractivity contribution is -0.0869. The molecular formula is C13H17Cl2NO. The van der Waals surface area contributed by atoms with E-state index in [1.165, 1.54) is 5.56 Å². The third-order valence-corrected chi connectivity index (χ3v) is 4.47. The summed E-state index contributed by atoms with van der Waals surface area (Å²) in [4.78, 5) is 2.22. The highest BCUT2D eigenvalue weighted by Crippen LogP contribution is 2.31. The molecule has 1 atom stereocenters. The summed E-state index contributed by atoms with van der Waals surface area (Å²) in [5.74, 6) is 0.989. The fourth-order valence-electron chi connectivity index (χ4n) is 2.05. The van der Waals surface area contributed by atoms with Crippen molar-refractivity contribution in [3.63, 3.8) is 0 Å². The molecule has 1 aliphatic heterocycles. The SMILES string of the molecule is CN1CC(c2ccccc2)OCC1(CCl)CCl. The number of halogens is 2. The Morgan fingerprint density at radius 3 is 2.47 bits per heavy atom. The molecule has 0 saturated carbocycles. The van der Waals surface area contributed by atoms with Crippen LogP contribution in [0.1, 0.15) is 11.7 Å². The van der Waals surface area contributed by atoms with Gasteiger partial charge in [0.05, 0.1) is 18.2 Å². The standard InChI is InChI=1S/C13H17Cl2NO/c1-16-7-12(11-5-3-2-4-6-11)17-10-13(16,8-14)9-15/h2-6,12H,7-10H2,1H3. The zero-order valence-electron chi connectivity index (χ0n) is 9.90. The highest BCUT2D eigenvalue weighted by molar-refractivity contribution is 6.22. The number of rotatable bonds is 3.